The van der Waals surface area contributed by atoms with Crippen molar-refractivity contribution in [2.75, 3.05) is 0 Å². The second kappa shape index (κ2) is 3.99. The first kappa shape index (κ1) is 11.3. The molecule has 2 amide bonds. The standard InChI is InChI=1S/C11H9NO5/c1-6(11(15)17-16)12-9(13)7-4-2-3-5-8(7)10(12)14/h2-6,16H,1H3/t6-/m0/s1. The van der Waals surface area contributed by atoms with E-state index in [0.717, 1.165) is 4.90 Å². The highest BCUT2D eigenvalue weighted by Crippen LogP contribution is 2.24. The van der Waals surface area contributed by atoms with Gasteiger partial charge in [-0.15, -0.1) is 0 Å². The van der Waals surface area contributed by atoms with Crippen LogP contribution in [0.25, 0.3) is 0 Å². The van der Waals surface area contributed by atoms with Crippen molar-refractivity contribution in [3.05, 3.63) is 35.4 Å². The summed E-state index contributed by atoms with van der Waals surface area (Å²) < 4.78 is 0. The van der Waals surface area contributed by atoms with Crippen LogP contribution in [-0.4, -0.2) is 34.0 Å². The molecular weight excluding hydrogens is 226 g/mol. The smallest absolute Gasteiger partial charge is 0.299 e. The maximum absolute atomic E-state index is 11.9. The van der Waals surface area contributed by atoms with Gasteiger partial charge in [0.1, 0.15) is 6.04 Å². The highest BCUT2D eigenvalue weighted by Gasteiger charge is 2.41. The van der Waals surface area contributed by atoms with Gasteiger partial charge in [0.2, 0.25) is 0 Å². The first-order valence-electron chi connectivity index (χ1n) is 4.90. The molecule has 0 spiro atoms. The highest BCUT2D eigenvalue weighted by molar-refractivity contribution is 6.22. The fraction of sp³-hybridized carbons (Fsp3) is 0.182. The number of hydrogen-bond acceptors (Lipinski definition) is 5. The molecule has 1 aliphatic heterocycles. The number of imide groups is 1. The Morgan fingerprint density at radius 3 is 2.12 bits per heavy atom. The lowest BCUT2D eigenvalue weighted by Crippen LogP contribution is -2.43. The van der Waals surface area contributed by atoms with E-state index in [1.165, 1.54) is 19.1 Å². The van der Waals surface area contributed by atoms with Gasteiger partial charge in [-0.3, -0.25) is 19.4 Å². The lowest BCUT2D eigenvalue weighted by molar-refractivity contribution is -0.237. The Balaban J connectivity index is 2.40. The fourth-order valence-electron chi connectivity index (χ4n) is 1.74. The van der Waals surface area contributed by atoms with Gasteiger partial charge in [0, 0.05) is 0 Å². The van der Waals surface area contributed by atoms with Crippen molar-refractivity contribution in [1.82, 2.24) is 4.90 Å². The largest absolute Gasteiger partial charge is 0.364 e. The summed E-state index contributed by atoms with van der Waals surface area (Å²) in [5.74, 6) is -2.19. The van der Waals surface area contributed by atoms with Gasteiger partial charge in [-0.05, 0) is 19.1 Å². The van der Waals surface area contributed by atoms with Gasteiger partial charge in [-0.2, -0.15) is 5.26 Å². The van der Waals surface area contributed by atoms with Gasteiger partial charge < -0.3 is 0 Å². The molecule has 88 valence electrons. The van der Waals surface area contributed by atoms with Crippen molar-refractivity contribution in [1.29, 1.82) is 0 Å². The topological polar surface area (TPSA) is 83.9 Å². The van der Waals surface area contributed by atoms with Crippen LogP contribution in [0.3, 0.4) is 0 Å². The van der Waals surface area contributed by atoms with E-state index in [9.17, 15) is 14.4 Å². The minimum absolute atomic E-state index is 0.245. The Bertz CT molecular complexity index is 475. The van der Waals surface area contributed by atoms with E-state index in [1.54, 1.807) is 12.1 Å². The zero-order valence-corrected chi connectivity index (χ0v) is 8.91. The van der Waals surface area contributed by atoms with Crippen molar-refractivity contribution in [2.24, 2.45) is 0 Å². The van der Waals surface area contributed by atoms with Gasteiger partial charge in [0.05, 0.1) is 11.1 Å². The molecule has 0 saturated heterocycles. The summed E-state index contributed by atoms with van der Waals surface area (Å²) >= 11 is 0. The summed E-state index contributed by atoms with van der Waals surface area (Å²) in [6, 6.07) is 5.11. The second-order valence-corrected chi connectivity index (χ2v) is 3.61. The fourth-order valence-corrected chi connectivity index (χ4v) is 1.74. The SMILES string of the molecule is C[C@@H](C(=O)OO)N1C(=O)c2ccccc2C1=O. The Hall–Kier alpha value is -2.21. The third-order valence-electron chi connectivity index (χ3n) is 2.64. The average Bonchev–Trinajstić information content (AvgIpc) is 2.61. The van der Waals surface area contributed by atoms with Crippen LogP contribution in [0.15, 0.2) is 24.3 Å². The first-order chi connectivity index (χ1) is 8.07. The summed E-state index contributed by atoms with van der Waals surface area (Å²) in [5.41, 5.74) is 0.491. The molecule has 0 radical (unpaired) electrons. The Kier molecular flexibility index (Phi) is 2.64. The number of amides is 2. The van der Waals surface area contributed by atoms with Crippen molar-refractivity contribution in [3.63, 3.8) is 0 Å². The number of carbonyl (C=O) groups excluding carboxylic acids is 3. The molecule has 0 aromatic heterocycles. The number of nitrogens with zero attached hydrogens (tertiary/aromatic N) is 1. The molecule has 1 heterocycles. The van der Waals surface area contributed by atoms with Gasteiger partial charge >= 0.3 is 5.97 Å². The molecule has 6 heteroatoms. The van der Waals surface area contributed by atoms with Crippen LogP contribution in [-0.2, 0) is 9.68 Å². The normalized spacial score (nSPS) is 15.8. The molecule has 1 aliphatic rings. The average molecular weight is 235 g/mol. The van der Waals surface area contributed by atoms with E-state index in [2.05, 4.69) is 4.89 Å². The maximum atomic E-state index is 11.9. The van der Waals surface area contributed by atoms with E-state index in [1.807, 2.05) is 0 Å². The highest BCUT2D eigenvalue weighted by atomic mass is 17.1. The van der Waals surface area contributed by atoms with Crippen molar-refractivity contribution in [2.45, 2.75) is 13.0 Å². The molecule has 0 fully saturated rings. The lowest BCUT2D eigenvalue weighted by Gasteiger charge is -2.18. The molecule has 17 heavy (non-hydrogen) atoms. The minimum atomic E-state index is -1.16. The van der Waals surface area contributed by atoms with Crippen LogP contribution in [0.4, 0.5) is 0 Å². The van der Waals surface area contributed by atoms with Gasteiger partial charge in [0.25, 0.3) is 11.8 Å². The van der Waals surface area contributed by atoms with E-state index in [0.29, 0.717) is 0 Å². The van der Waals surface area contributed by atoms with Crippen molar-refractivity contribution >= 4 is 17.8 Å². The van der Waals surface area contributed by atoms with Crippen LogP contribution in [0, 0.1) is 0 Å². The van der Waals surface area contributed by atoms with Crippen molar-refractivity contribution in [3.8, 4) is 0 Å². The summed E-state index contributed by atoms with van der Waals surface area (Å²) in [4.78, 5) is 39.2. The molecule has 1 aromatic carbocycles. The van der Waals surface area contributed by atoms with Gasteiger partial charge in [0.15, 0.2) is 0 Å². The molecule has 2 rings (SSSR count). The van der Waals surface area contributed by atoms with E-state index >= 15 is 0 Å². The number of rotatable bonds is 2. The number of benzene rings is 1. The molecule has 1 atom stereocenters. The number of hydrogen-bond donors (Lipinski definition) is 1. The molecule has 0 unspecified atom stereocenters. The predicted octanol–water partition coefficient (Wildman–Crippen LogP) is 0.687. The van der Waals surface area contributed by atoms with Gasteiger partial charge in [-0.25, -0.2) is 4.79 Å². The molecule has 0 saturated carbocycles. The molecule has 0 aliphatic carbocycles. The summed E-state index contributed by atoms with van der Waals surface area (Å²) in [7, 11) is 0. The number of carbonyl (C=O) groups is 3. The Morgan fingerprint density at radius 1 is 1.24 bits per heavy atom. The Morgan fingerprint density at radius 2 is 1.71 bits per heavy atom. The molecule has 0 bridgehead atoms. The third kappa shape index (κ3) is 1.58. The van der Waals surface area contributed by atoms with Crippen molar-refractivity contribution < 1.29 is 24.5 Å². The van der Waals surface area contributed by atoms with Crippen LogP contribution >= 0.6 is 0 Å². The monoisotopic (exact) mass is 235 g/mol. The Labute approximate surface area is 96.3 Å². The van der Waals surface area contributed by atoms with E-state index in [-0.39, 0.29) is 11.1 Å². The quantitative estimate of drug-likeness (QED) is 0.463. The molecule has 6 nitrogen and oxygen atoms in total. The minimum Gasteiger partial charge on any atom is -0.299 e. The molecular formula is C11H9NO5. The van der Waals surface area contributed by atoms with Gasteiger partial charge in [-0.1, -0.05) is 12.1 Å². The number of fused-ring (bicyclic) bond motifs is 1. The summed E-state index contributed by atoms with van der Waals surface area (Å²) in [6.07, 6.45) is 0. The van der Waals surface area contributed by atoms with E-state index in [4.69, 9.17) is 5.26 Å². The zero-order chi connectivity index (χ0) is 12.6. The van der Waals surface area contributed by atoms with Crippen LogP contribution in [0.1, 0.15) is 27.6 Å². The van der Waals surface area contributed by atoms with Crippen LogP contribution in [0.2, 0.25) is 0 Å². The first-order valence-corrected chi connectivity index (χ1v) is 4.90. The van der Waals surface area contributed by atoms with Crippen LogP contribution in [0.5, 0.6) is 0 Å². The second-order valence-electron chi connectivity index (χ2n) is 3.61. The third-order valence-corrected chi connectivity index (χ3v) is 2.64. The zero-order valence-electron chi connectivity index (χ0n) is 8.91. The predicted molar refractivity (Wildman–Crippen MR) is 55.1 cm³/mol. The maximum Gasteiger partial charge on any atom is 0.364 e. The van der Waals surface area contributed by atoms with Crippen LogP contribution < -0.4 is 0 Å². The lowest BCUT2D eigenvalue weighted by atomic mass is 10.1. The molecule has 1 N–H and O–H groups in total. The van der Waals surface area contributed by atoms with E-state index < -0.39 is 23.8 Å². The summed E-state index contributed by atoms with van der Waals surface area (Å²) in [5, 5.41) is 8.26. The summed E-state index contributed by atoms with van der Waals surface area (Å²) in [6.45, 7) is 1.31. The molecule has 1 aromatic rings.